The summed E-state index contributed by atoms with van der Waals surface area (Å²) < 4.78 is 45.2. The van der Waals surface area contributed by atoms with Crippen LogP contribution in [0, 0.1) is 0 Å². The van der Waals surface area contributed by atoms with E-state index in [0.717, 1.165) is 37.0 Å². The number of carbonyl (C=O) groups excluding carboxylic acids is 2. The van der Waals surface area contributed by atoms with Gasteiger partial charge in [0.2, 0.25) is 11.8 Å². The van der Waals surface area contributed by atoms with Gasteiger partial charge in [0.15, 0.2) is 0 Å². The van der Waals surface area contributed by atoms with Gasteiger partial charge < -0.3 is 15.0 Å². The van der Waals surface area contributed by atoms with Gasteiger partial charge in [-0.1, -0.05) is 19.3 Å². The normalized spacial score (nSPS) is 26.2. The third-order valence-electron chi connectivity index (χ3n) is 4.68. The molecule has 2 aliphatic rings. The van der Waals surface area contributed by atoms with Crippen LogP contribution in [-0.4, -0.2) is 54.2 Å². The molecule has 138 valence electrons. The fourth-order valence-corrected chi connectivity index (χ4v) is 3.50. The van der Waals surface area contributed by atoms with Crippen molar-refractivity contribution in [3.05, 3.63) is 0 Å². The first-order valence-corrected chi connectivity index (χ1v) is 8.52. The minimum absolute atomic E-state index is 0.0389. The highest BCUT2D eigenvalue weighted by Crippen LogP contribution is 2.32. The zero-order chi connectivity index (χ0) is 17.7. The van der Waals surface area contributed by atoms with E-state index in [0.29, 0.717) is 0 Å². The zero-order valence-electron chi connectivity index (χ0n) is 13.9. The molecule has 2 fully saturated rings. The average molecular weight is 350 g/mol. The van der Waals surface area contributed by atoms with E-state index in [1.807, 2.05) is 0 Å². The van der Waals surface area contributed by atoms with Gasteiger partial charge in [-0.15, -0.1) is 0 Å². The molecule has 5 nitrogen and oxygen atoms in total. The standard InChI is InChI=1S/C16H25F3N2O3/c1-11(22)20-12-7-8-14(16(17,18)19)21(9-12)15(23)10-24-13-5-3-2-4-6-13/h12-14H,2-10H2,1H3,(H,20,22)/t12-,14+/m0/s1. The maximum atomic E-state index is 13.2. The maximum absolute atomic E-state index is 13.2. The molecule has 1 N–H and O–H groups in total. The monoisotopic (exact) mass is 350 g/mol. The summed E-state index contributed by atoms with van der Waals surface area (Å²) in [7, 11) is 0. The summed E-state index contributed by atoms with van der Waals surface area (Å²) in [4.78, 5) is 24.3. The van der Waals surface area contributed by atoms with Crippen LogP contribution in [0.1, 0.15) is 51.9 Å². The topological polar surface area (TPSA) is 58.6 Å². The number of carbonyl (C=O) groups is 2. The van der Waals surface area contributed by atoms with Gasteiger partial charge in [0, 0.05) is 19.5 Å². The van der Waals surface area contributed by atoms with Crippen molar-refractivity contribution in [1.82, 2.24) is 10.2 Å². The maximum Gasteiger partial charge on any atom is 0.408 e. The molecule has 8 heteroatoms. The molecule has 0 bridgehead atoms. The highest BCUT2D eigenvalue weighted by atomic mass is 19.4. The third kappa shape index (κ3) is 5.36. The second-order valence-corrected chi connectivity index (χ2v) is 6.65. The number of hydrogen-bond donors (Lipinski definition) is 1. The van der Waals surface area contributed by atoms with Crippen LogP contribution in [0.15, 0.2) is 0 Å². The van der Waals surface area contributed by atoms with Gasteiger partial charge in [-0.25, -0.2) is 0 Å². The van der Waals surface area contributed by atoms with Crippen LogP contribution in [0.5, 0.6) is 0 Å². The predicted molar refractivity (Wildman–Crippen MR) is 81.2 cm³/mol. The first-order chi connectivity index (χ1) is 11.3. The van der Waals surface area contributed by atoms with Crippen LogP contribution in [0.4, 0.5) is 13.2 Å². The van der Waals surface area contributed by atoms with Gasteiger partial charge >= 0.3 is 6.18 Å². The number of piperidine rings is 1. The molecule has 1 heterocycles. The first kappa shape index (κ1) is 19.0. The lowest BCUT2D eigenvalue weighted by molar-refractivity contribution is -0.199. The van der Waals surface area contributed by atoms with Crippen LogP contribution in [0.2, 0.25) is 0 Å². The van der Waals surface area contributed by atoms with Crippen molar-refractivity contribution < 1.29 is 27.5 Å². The summed E-state index contributed by atoms with van der Waals surface area (Å²) in [5, 5.41) is 2.60. The Balaban J connectivity index is 1.96. The fourth-order valence-electron chi connectivity index (χ4n) is 3.50. The van der Waals surface area contributed by atoms with E-state index < -0.39 is 24.2 Å². The number of likely N-dealkylation sites (tertiary alicyclic amines) is 1. The van der Waals surface area contributed by atoms with Crippen molar-refractivity contribution >= 4 is 11.8 Å². The lowest BCUT2D eigenvalue weighted by atomic mass is 9.97. The van der Waals surface area contributed by atoms with Crippen molar-refractivity contribution in [3.8, 4) is 0 Å². The average Bonchev–Trinajstić information content (AvgIpc) is 2.52. The number of halogens is 3. The number of nitrogens with one attached hydrogen (secondary N) is 1. The quantitative estimate of drug-likeness (QED) is 0.847. The van der Waals surface area contributed by atoms with E-state index in [-0.39, 0.29) is 38.0 Å². The van der Waals surface area contributed by atoms with Gasteiger partial charge in [-0.05, 0) is 25.7 Å². The Kier molecular flexibility index (Phi) is 6.48. The van der Waals surface area contributed by atoms with Gasteiger partial charge in [-0.2, -0.15) is 13.2 Å². The molecule has 2 rings (SSSR count). The molecule has 1 saturated heterocycles. The lowest BCUT2D eigenvalue weighted by Crippen LogP contribution is -2.58. The second-order valence-electron chi connectivity index (χ2n) is 6.65. The largest absolute Gasteiger partial charge is 0.408 e. The van der Waals surface area contributed by atoms with E-state index in [2.05, 4.69) is 5.32 Å². The Bertz CT molecular complexity index is 450. The van der Waals surface area contributed by atoms with Crippen molar-refractivity contribution in [2.75, 3.05) is 13.2 Å². The predicted octanol–water partition coefficient (Wildman–Crippen LogP) is 2.39. The van der Waals surface area contributed by atoms with Crippen molar-refractivity contribution in [1.29, 1.82) is 0 Å². The number of nitrogens with zero attached hydrogens (tertiary/aromatic N) is 1. The zero-order valence-corrected chi connectivity index (χ0v) is 13.9. The Hall–Kier alpha value is -1.31. The summed E-state index contributed by atoms with van der Waals surface area (Å²) in [6.45, 7) is 0.856. The Morgan fingerprint density at radius 1 is 1.12 bits per heavy atom. The summed E-state index contributed by atoms with van der Waals surface area (Å²) in [5.41, 5.74) is 0. The number of alkyl halides is 3. The molecule has 2 amide bonds. The molecular weight excluding hydrogens is 325 g/mol. The van der Waals surface area contributed by atoms with Gasteiger partial charge in [0.1, 0.15) is 12.6 Å². The summed E-state index contributed by atoms with van der Waals surface area (Å²) in [5.74, 6) is -0.964. The smallest absolute Gasteiger partial charge is 0.368 e. The van der Waals surface area contributed by atoms with Gasteiger partial charge in [0.05, 0.1) is 6.10 Å². The van der Waals surface area contributed by atoms with Gasteiger partial charge in [-0.3, -0.25) is 9.59 Å². The molecule has 0 unspecified atom stereocenters. The summed E-state index contributed by atoms with van der Waals surface area (Å²) in [6, 6.07) is -2.25. The van der Waals surface area contributed by atoms with Gasteiger partial charge in [0.25, 0.3) is 0 Å². The summed E-state index contributed by atoms with van der Waals surface area (Å²) in [6.07, 6.45) is 0.380. The Morgan fingerprint density at radius 2 is 1.79 bits per heavy atom. The Morgan fingerprint density at radius 3 is 2.38 bits per heavy atom. The molecule has 1 saturated carbocycles. The highest BCUT2D eigenvalue weighted by Gasteiger charge is 2.48. The lowest BCUT2D eigenvalue weighted by Gasteiger charge is -2.40. The van der Waals surface area contributed by atoms with E-state index >= 15 is 0 Å². The highest BCUT2D eigenvalue weighted by molar-refractivity contribution is 5.78. The molecule has 1 aliphatic carbocycles. The van der Waals surface area contributed by atoms with Crippen LogP contribution < -0.4 is 5.32 Å². The molecule has 0 spiro atoms. The molecule has 24 heavy (non-hydrogen) atoms. The fraction of sp³-hybridized carbons (Fsp3) is 0.875. The molecule has 0 aromatic carbocycles. The molecule has 0 aromatic rings. The minimum atomic E-state index is -4.47. The minimum Gasteiger partial charge on any atom is -0.368 e. The number of hydrogen-bond acceptors (Lipinski definition) is 3. The second kappa shape index (κ2) is 8.18. The van der Waals surface area contributed by atoms with E-state index in [4.69, 9.17) is 4.74 Å². The van der Waals surface area contributed by atoms with E-state index in [1.165, 1.54) is 6.92 Å². The van der Waals surface area contributed by atoms with Crippen LogP contribution in [0.25, 0.3) is 0 Å². The molecule has 0 aromatic heterocycles. The number of ether oxygens (including phenoxy) is 1. The Labute approximate surface area is 139 Å². The van der Waals surface area contributed by atoms with Crippen molar-refractivity contribution in [2.45, 2.75) is 76.2 Å². The molecule has 0 radical (unpaired) electrons. The van der Waals surface area contributed by atoms with Crippen molar-refractivity contribution in [3.63, 3.8) is 0 Å². The third-order valence-corrected chi connectivity index (χ3v) is 4.68. The molecular formula is C16H25F3N2O3. The van der Waals surface area contributed by atoms with Crippen LogP contribution in [0.3, 0.4) is 0 Å². The number of rotatable bonds is 4. The SMILES string of the molecule is CC(=O)N[C@H]1CC[C@H](C(F)(F)F)N(C(=O)COC2CCCCC2)C1. The number of amides is 2. The molecule has 1 aliphatic heterocycles. The van der Waals surface area contributed by atoms with Crippen LogP contribution in [-0.2, 0) is 14.3 Å². The van der Waals surface area contributed by atoms with E-state index in [1.54, 1.807) is 0 Å². The molecule has 2 atom stereocenters. The van der Waals surface area contributed by atoms with Crippen LogP contribution >= 0.6 is 0 Å². The first-order valence-electron chi connectivity index (χ1n) is 8.52. The summed E-state index contributed by atoms with van der Waals surface area (Å²) >= 11 is 0. The van der Waals surface area contributed by atoms with E-state index in [9.17, 15) is 22.8 Å². The van der Waals surface area contributed by atoms with Crippen molar-refractivity contribution in [2.24, 2.45) is 0 Å².